The summed E-state index contributed by atoms with van der Waals surface area (Å²) in [6.45, 7) is 4.48. The first-order valence-electron chi connectivity index (χ1n) is 7.98. The minimum absolute atomic E-state index is 0.172. The van der Waals surface area contributed by atoms with E-state index in [1.165, 1.54) is 17.4 Å². The average Bonchev–Trinajstić information content (AvgIpc) is 3.22. The molecule has 1 amide bonds. The second-order valence-electron chi connectivity index (χ2n) is 6.53. The number of thiophene rings is 1. The molecule has 2 aromatic rings. The van der Waals surface area contributed by atoms with Crippen LogP contribution in [-0.2, 0) is 6.54 Å². The molecule has 3 heterocycles. The zero-order valence-corrected chi connectivity index (χ0v) is 13.6. The summed E-state index contributed by atoms with van der Waals surface area (Å²) in [6, 6.07) is 10.7. The zero-order chi connectivity index (χ0) is 15.8. The summed E-state index contributed by atoms with van der Waals surface area (Å²) >= 11 is 1.51. The number of benzene rings is 1. The van der Waals surface area contributed by atoms with Crippen molar-refractivity contribution in [3.63, 3.8) is 0 Å². The van der Waals surface area contributed by atoms with Crippen molar-refractivity contribution in [2.24, 2.45) is 11.8 Å². The molecule has 0 N–H and O–H groups in total. The molecule has 23 heavy (non-hydrogen) atoms. The van der Waals surface area contributed by atoms with Crippen molar-refractivity contribution in [2.45, 2.75) is 6.54 Å². The Balaban J connectivity index is 1.36. The number of amides is 1. The lowest BCUT2D eigenvalue weighted by atomic mass is 10.0. The first-order valence-corrected chi connectivity index (χ1v) is 8.86. The van der Waals surface area contributed by atoms with E-state index in [1.807, 2.05) is 28.5 Å². The number of hydrogen-bond acceptors (Lipinski definition) is 3. The summed E-state index contributed by atoms with van der Waals surface area (Å²) in [5.41, 5.74) is 1.02. The van der Waals surface area contributed by atoms with Gasteiger partial charge in [0, 0.05) is 32.7 Å². The van der Waals surface area contributed by atoms with E-state index >= 15 is 0 Å². The smallest absolute Gasteiger partial charge is 0.263 e. The van der Waals surface area contributed by atoms with Crippen LogP contribution in [0.3, 0.4) is 0 Å². The lowest BCUT2D eigenvalue weighted by molar-refractivity contribution is 0.0778. The van der Waals surface area contributed by atoms with E-state index in [1.54, 1.807) is 12.1 Å². The highest BCUT2D eigenvalue weighted by molar-refractivity contribution is 7.12. The Morgan fingerprint density at radius 1 is 1.13 bits per heavy atom. The minimum Gasteiger partial charge on any atom is -0.337 e. The number of carbonyl (C=O) groups is 1. The fourth-order valence-electron chi connectivity index (χ4n) is 3.83. The lowest BCUT2D eigenvalue weighted by Gasteiger charge is -2.21. The van der Waals surface area contributed by atoms with Crippen LogP contribution in [0.5, 0.6) is 0 Å². The van der Waals surface area contributed by atoms with Crippen molar-refractivity contribution in [1.29, 1.82) is 0 Å². The van der Waals surface area contributed by atoms with Crippen LogP contribution in [0.2, 0.25) is 0 Å². The summed E-state index contributed by atoms with van der Waals surface area (Å²) in [6.07, 6.45) is 0. The van der Waals surface area contributed by atoms with Gasteiger partial charge in [0.15, 0.2) is 0 Å². The van der Waals surface area contributed by atoms with Crippen LogP contribution in [0, 0.1) is 17.7 Å². The summed E-state index contributed by atoms with van der Waals surface area (Å²) in [5, 5.41) is 1.95. The summed E-state index contributed by atoms with van der Waals surface area (Å²) in [7, 11) is 0. The van der Waals surface area contributed by atoms with Gasteiger partial charge in [0.1, 0.15) is 5.82 Å². The number of halogens is 1. The molecule has 0 bridgehead atoms. The Bertz CT molecular complexity index is 689. The van der Waals surface area contributed by atoms with Gasteiger partial charge in [0.05, 0.1) is 4.88 Å². The van der Waals surface area contributed by atoms with Gasteiger partial charge in [-0.3, -0.25) is 9.69 Å². The van der Waals surface area contributed by atoms with Gasteiger partial charge in [-0.15, -0.1) is 11.3 Å². The van der Waals surface area contributed by atoms with Gasteiger partial charge in [-0.05, 0) is 41.0 Å². The summed E-state index contributed by atoms with van der Waals surface area (Å²) < 4.78 is 13.3. The zero-order valence-electron chi connectivity index (χ0n) is 12.8. The van der Waals surface area contributed by atoms with Gasteiger partial charge in [-0.2, -0.15) is 0 Å². The molecule has 2 fully saturated rings. The topological polar surface area (TPSA) is 23.6 Å². The lowest BCUT2D eigenvalue weighted by Crippen LogP contribution is -2.32. The van der Waals surface area contributed by atoms with Gasteiger partial charge in [-0.25, -0.2) is 4.39 Å². The Hall–Kier alpha value is -1.72. The van der Waals surface area contributed by atoms with Gasteiger partial charge in [0.2, 0.25) is 0 Å². The third-order valence-corrected chi connectivity index (χ3v) is 5.73. The van der Waals surface area contributed by atoms with Crippen LogP contribution in [-0.4, -0.2) is 41.9 Å². The number of likely N-dealkylation sites (tertiary alicyclic amines) is 2. The second kappa shape index (κ2) is 6.06. The first-order chi connectivity index (χ1) is 11.2. The van der Waals surface area contributed by atoms with E-state index in [0.29, 0.717) is 11.8 Å². The molecule has 5 heteroatoms. The predicted octanol–water partition coefficient (Wildman–Crippen LogP) is 3.09. The molecule has 2 saturated heterocycles. The molecule has 1 aromatic heterocycles. The summed E-state index contributed by atoms with van der Waals surface area (Å²) in [5.74, 6) is 1.10. The maximum Gasteiger partial charge on any atom is 0.263 e. The van der Waals surface area contributed by atoms with Crippen LogP contribution in [0.1, 0.15) is 15.2 Å². The predicted molar refractivity (Wildman–Crippen MR) is 88.9 cm³/mol. The molecule has 120 valence electrons. The van der Waals surface area contributed by atoms with E-state index in [0.717, 1.165) is 43.2 Å². The molecule has 0 radical (unpaired) electrons. The molecular formula is C18H19FN2OS. The maximum atomic E-state index is 13.3. The highest BCUT2D eigenvalue weighted by atomic mass is 32.1. The molecule has 0 saturated carbocycles. The Labute approximate surface area is 139 Å². The molecule has 3 nitrogen and oxygen atoms in total. The highest BCUT2D eigenvalue weighted by Gasteiger charge is 2.41. The summed E-state index contributed by atoms with van der Waals surface area (Å²) in [4.78, 5) is 17.7. The maximum absolute atomic E-state index is 13.3. The van der Waals surface area contributed by atoms with Gasteiger partial charge < -0.3 is 4.90 Å². The Morgan fingerprint density at radius 3 is 2.57 bits per heavy atom. The van der Waals surface area contributed by atoms with E-state index in [9.17, 15) is 9.18 Å². The SMILES string of the molecule is O=C(c1cccs1)N1CC2CN(Cc3cccc(F)c3)CC2C1. The van der Waals surface area contributed by atoms with Crippen molar-refractivity contribution in [3.8, 4) is 0 Å². The first kappa shape index (κ1) is 14.8. The van der Waals surface area contributed by atoms with Crippen molar-refractivity contribution >= 4 is 17.2 Å². The van der Waals surface area contributed by atoms with Crippen LogP contribution >= 0.6 is 11.3 Å². The number of rotatable bonds is 3. The van der Waals surface area contributed by atoms with Crippen LogP contribution in [0.25, 0.3) is 0 Å². The molecule has 2 aliphatic heterocycles. The molecule has 0 aliphatic carbocycles. The van der Waals surface area contributed by atoms with E-state index in [2.05, 4.69) is 4.90 Å². The standard InChI is InChI=1S/C18H19FN2OS/c19-16-4-1-3-13(7-16)8-20-9-14-11-21(12-15(14)10-20)18(22)17-5-2-6-23-17/h1-7,14-15H,8-12H2. The Kier molecular flexibility index (Phi) is 3.91. The Morgan fingerprint density at radius 2 is 1.91 bits per heavy atom. The van der Waals surface area contributed by atoms with E-state index in [4.69, 9.17) is 0 Å². The molecule has 2 aliphatic rings. The number of hydrogen-bond donors (Lipinski definition) is 0. The number of fused-ring (bicyclic) bond motifs is 1. The molecular weight excluding hydrogens is 311 g/mol. The third kappa shape index (κ3) is 3.03. The second-order valence-corrected chi connectivity index (χ2v) is 7.48. The monoisotopic (exact) mass is 330 g/mol. The minimum atomic E-state index is -0.172. The van der Waals surface area contributed by atoms with E-state index in [-0.39, 0.29) is 11.7 Å². The van der Waals surface area contributed by atoms with Gasteiger partial charge in [0.25, 0.3) is 5.91 Å². The van der Waals surface area contributed by atoms with Crippen LogP contribution in [0.4, 0.5) is 4.39 Å². The molecule has 2 atom stereocenters. The van der Waals surface area contributed by atoms with Crippen LogP contribution in [0.15, 0.2) is 41.8 Å². The largest absolute Gasteiger partial charge is 0.337 e. The fraction of sp³-hybridized carbons (Fsp3) is 0.389. The highest BCUT2D eigenvalue weighted by Crippen LogP contribution is 2.33. The molecule has 1 aromatic carbocycles. The van der Waals surface area contributed by atoms with Crippen molar-refractivity contribution in [1.82, 2.24) is 9.80 Å². The molecule has 2 unspecified atom stereocenters. The normalized spacial score (nSPS) is 24.1. The van der Waals surface area contributed by atoms with Crippen molar-refractivity contribution in [2.75, 3.05) is 26.2 Å². The van der Waals surface area contributed by atoms with Crippen molar-refractivity contribution in [3.05, 3.63) is 58.0 Å². The van der Waals surface area contributed by atoms with Crippen molar-refractivity contribution < 1.29 is 9.18 Å². The number of carbonyl (C=O) groups excluding carboxylic acids is 1. The van der Waals surface area contributed by atoms with Gasteiger partial charge in [-0.1, -0.05) is 18.2 Å². The van der Waals surface area contributed by atoms with Gasteiger partial charge >= 0.3 is 0 Å². The quantitative estimate of drug-likeness (QED) is 0.863. The third-order valence-electron chi connectivity index (χ3n) is 4.88. The molecule has 4 rings (SSSR count). The fourth-order valence-corrected chi connectivity index (χ4v) is 4.53. The number of nitrogens with zero attached hydrogens (tertiary/aromatic N) is 2. The van der Waals surface area contributed by atoms with Crippen LogP contribution < -0.4 is 0 Å². The average molecular weight is 330 g/mol. The van der Waals surface area contributed by atoms with E-state index < -0.39 is 0 Å². The molecule has 0 spiro atoms.